The summed E-state index contributed by atoms with van der Waals surface area (Å²) in [6, 6.07) is 0. The van der Waals surface area contributed by atoms with Crippen molar-refractivity contribution in [2.24, 2.45) is 0 Å². The molecule has 0 fully saturated rings. The van der Waals surface area contributed by atoms with Gasteiger partial charge in [-0.25, -0.2) is 0 Å². The number of hydrogen-bond donors (Lipinski definition) is 0. The van der Waals surface area contributed by atoms with Gasteiger partial charge in [-0.05, 0) is 0 Å². The Labute approximate surface area is 96.8 Å². The van der Waals surface area contributed by atoms with Crippen molar-refractivity contribution in [3.63, 3.8) is 0 Å². The van der Waals surface area contributed by atoms with E-state index in [1.54, 1.807) is 0 Å². The first-order valence-electron chi connectivity index (χ1n) is 0.667. The smallest absolute Gasteiger partial charge is 0.759 e. The minimum absolute atomic E-state index is 0. The summed E-state index contributed by atoms with van der Waals surface area (Å²) < 4.78 is 34.1. The van der Waals surface area contributed by atoms with Gasteiger partial charge in [0.2, 0.25) is 0 Å². The average Bonchev–Trinajstić information content (AvgIpc) is 0.722. The van der Waals surface area contributed by atoms with E-state index in [9.17, 15) is 0 Å². The molecule has 0 aromatic rings. The third-order valence-electron chi connectivity index (χ3n) is 0. The molecular weight excluding hydrogens is 368 g/mol. The third-order valence-corrected chi connectivity index (χ3v) is 0. The molecule has 72 valence electrons. The normalized spacial score (nSPS) is 5.27. The van der Waals surface area contributed by atoms with Crippen molar-refractivity contribution < 1.29 is 62.3 Å². The molecule has 0 heterocycles. The van der Waals surface area contributed by atoms with Gasteiger partial charge in [0.05, 0.1) is 0 Å². The van der Waals surface area contributed by atoms with E-state index in [1.165, 1.54) is 0 Å². The molecule has 0 aromatic carbocycles. The maximum atomic E-state index is 8.52. The van der Waals surface area contributed by atoms with Gasteiger partial charge in [0.1, 0.15) is 0 Å². The quantitative estimate of drug-likeness (QED) is 0.245. The molecule has 12 radical (unpaired) electrons. The van der Waals surface area contributed by atoms with Crippen LogP contribution in [0, 0.1) is 0 Å². The van der Waals surface area contributed by atoms with Crippen LogP contribution in [-0.4, -0.2) is 17.5 Å². The molecule has 8 nitrogen and oxygen atoms in total. The third kappa shape index (κ3) is 667. The summed E-state index contributed by atoms with van der Waals surface area (Å²) >= 11 is 0. The summed E-state index contributed by atoms with van der Waals surface area (Å²) in [6.45, 7) is 0. The summed E-state index contributed by atoms with van der Waals surface area (Å²) in [5.74, 6) is 0. The number of rotatable bonds is 0. The zero-order valence-corrected chi connectivity index (χ0v) is 8.21. The molecule has 0 aromatic heterocycles. The van der Waals surface area contributed by atoms with Crippen LogP contribution >= 0.6 is 0 Å². The first-order chi connectivity index (χ1) is 2.00. The van der Waals surface area contributed by atoms with E-state index >= 15 is 0 Å². The largest absolute Gasteiger partial charge is 1.00 e. The van der Waals surface area contributed by atoms with Crippen LogP contribution in [0.5, 0.6) is 0 Å². The molecule has 0 N–H and O–H groups in total. The SMILES string of the molecule is O=S(=O)([O-])[O-].[Ag+].[Ag+].[N].[N].[N].[N]. The minimum Gasteiger partial charge on any atom is -0.759 e. The van der Waals surface area contributed by atoms with E-state index in [-0.39, 0.29) is 69.4 Å². The van der Waals surface area contributed by atoms with Crippen molar-refractivity contribution in [1.29, 1.82) is 0 Å². The Morgan fingerprint density at radius 1 is 0.727 bits per heavy atom. The van der Waals surface area contributed by atoms with E-state index in [2.05, 4.69) is 0 Å². The van der Waals surface area contributed by atoms with Crippen LogP contribution in [0.25, 0.3) is 0 Å². The second-order valence-corrected chi connectivity index (χ2v) is 1.22. The van der Waals surface area contributed by atoms with Crippen molar-refractivity contribution >= 4 is 10.4 Å². The molecule has 0 amide bonds. The van der Waals surface area contributed by atoms with E-state index in [0.29, 0.717) is 0 Å². The monoisotopic (exact) mass is 366 g/mol. The molecule has 0 aliphatic heterocycles. The molecule has 0 spiro atoms. The van der Waals surface area contributed by atoms with Gasteiger partial charge in [0.15, 0.2) is 0 Å². The Kier molecular flexibility index (Phi) is 116. The van der Waals surface area contributed by atoms with Crippen LogP contribution in [0.2, 0.25) is 0 Å². The maximum absolute atomic E-state index is 8.52. The van der Waals surface area contributed by atoms with E-state index in [4.69, 9.17) is 17.5 Å². The second kappa shape index (κ2) is 22.5. The molecule has 0 unspecified atom stereocenters. The van der Waals surface area contributed by atoms with E-state index in [0.717, 1.165) is 0 Å². The Morgan fingerprint density at radius 3 is 0.727 bits per heavy atom. The summed E-state index contributed by atoms with van der Waals surface area (Å²) in [7, 11) is -5.17. The predicted octanol–water partition coefficient (Wildman–Crippen LogP) is -3.27. The van der Waals surface area contributed by atoms with Crippen LogP contribution in [0.3, 0.4) is 0 Å². The van der Waals surface area contributed by atoms with Crippen molar-refractivity contribution in [1.82, 2.24) is 24.6 Å². The van der Waals surface area contributed by atoms with E-state index < -0.39 is 10.4 Å². The Hall–Kier alpha value is 1.19. The Morgan fingerprint density at radius 2 is 0.727 bits per heavy atom. The van der Waals surface area contributed by atoms with Gasteiger partial charge in [0, 0.05) is 35.0 Å². The standard InChI is InChI=1S/2Ag.4N.H2O4S/c;;;;;;1-5(2,3)4/h;;;;;;(H2,1,2,3,4)/q2*+1;;;;;/p-2. The molecular formula is Ag2N4O4S. The fourth-order valence-corrected chi connectivity index (χ4v) is 0. The summed E-state index contributed by atoms with van der Waals surface area (Å²) in [4.78, 5) is 0. The molecule has 0 rings (SSSR count). The van der Waals surface area contributed by atoms with Crippen molar-refractivity contribution in [3.05, 3.63) is 0 Å². The summed E-state index contributed by atoms with van der Waals surface area (Å²) in [5.41, 5.74) is 0. The number of nitrogens with zero attached hydrogens (tertiary/aromatic N) is 4. The minimum atomic E-state index is -5.17. The zero-order valence-electron chi connectivity index (χ0n) is 4.43. The van der Waals surface area contributed by atoms with Gasteiger partial charge in [-0.15, -0.1) is 0 Å². The molecule has 0 bridgehead atoms. The van der Waals surface area contributed by atoms with Gasteiger partial charge in [-0.2, -0.15) is 0 Å². The topological polar surface area (TPSA) is 202 Å². The van der Waals surface area contributed by atoms with Crippen molar-refractivity contribution in [3.8, 4) is 0 Å². The fourth-order valence-electron chi connectivity index (χ4n) is 0. The predicted molar refractivity (Wildman–Crippen MR) is 19.0 cm³/mol. The second-order valence-electron chi connectivity index (χ2n) is 0.408. The summed E-state index contributed by atoms with van der Waals surface area (Å²) in [5, 5.41) is 0. The van der Waals surface area contributed by atoms with Crippen LogP contribution in [-0.2, 0) is 55.2 Å². The zero-order chi connectivity index (χ0) is 4.50. The van der Waals surface area contributed by atoms with Crippen molar-refractivity contribution in [2.75, 3.05) is 0 Å². The first kappa shape index (κ1) is 56.7. The Balaban J connectivity index is -0.00000000533. The maximum Gasteiger partial charge on any atom is 1.00 e. The fraction of sp³-hybridized carbons (Fsp3) is 0. The van der Waals surface area contributed by atoms with Crippen LogP contribution in [0.15, 0.2) is 0 Å². The van der Waals surface area contributed by atoms with Gasteiger partial charge >= 0.3 is 44.8 Å². The van der Waals surface area contributed by atoms with Gasteiger partial charge < -0.3 is 9.11 Å². The molecule has 11 heteroatoms. The van der Waals surface area contributed by atoms with Crippen molar-refractivity contribution in [2.45, 2.75) is 0 Å². The van der Waals surface area contributed by atoms with Gasteiger partial charge in [0.25, 0.3) is 0 Å². The molecule has 11 heavy (non-hydrogen) atoms. The molecule has 0 aliphatic carbocycles. The Bertz CT molecular complexity index is 103. The molecule has 0 saturated carbocycles. The van der Waals surface area contributed by atoms with Crippen LogP contribution in [0.1, 0.15) is 0 Å². The first-order valence-corrected chi connectivity index (χ1v) is 2.00. The molecule has 0 aliphatic rings. The van der Waals surface area contributed by atoms with Gasteiger partial charge in [-0.3, -0.25) is 8.42 Å². The van der Waals surface area contributed by atoms with Crippen LogP contribution < -0.4 is 24.6 Å². The van der Waals surface area contributed by atoms with E-state index in [1.807, 2.05) is 0 Å². The van der Waals surface area contributed by atoms with Gasteiger partial charge in [-0.1, -0.05) is 0 Å². The molecule has 0 atom stereocenters. The average molecular weight is 368 g/mol. The number of hydrogen-bond acceptors (Lipinski definition) is 4. The molecule has 0 saturated heterocycles. The van der Waals surface area contributed by atoms with Crippen LogP contribution in [0.4, 0.5) is 0 Å². The summed E-state index contributed by atoms with van der Waals surface area (Å²) in [6.07, 6.45) is 0.